The normalized spacial score (nSPS) is 10.7. The molecule has 1 N–H and O–H groups in total. The van der Waals surface area contributed by atoms with Crippen LogP contribution in [0.4, 0.5) is 4.79 Å². The topological polar surface area (TPSA) is 55.1 Å². The minimum absolute atomic E-state index is 0.0650. The number of aromatic nitrogens is 3. The first-order valence-electron chi connectivity index (χ1n) is 7.08. The van der Waals surface area contributed by atoms with E-state index >= 15 is 0 Å². The molecule has 0 aliphatic heterocycles. The predicted octanol–water partition coefficient (Wildman–Crippen LogP) is 1.68. The van der Waals surface area contributed by atoms with Gasteiger partial charge in [-0.2, -0.15) is 5.10 Å². The quantitative estimate of drug-likeness (QED) is 0.910. The molecule has 0 fully saturated rings. The maximum Gasteiger partial charge on any atom is 0.317 e. The van der Waals surface area contributed by atoms with Crippen molar-refractivity contribution in [3.63, 3.8) is 0 Å². The lowest BCUT2D eigenvalue weighted by Gasteiger charge is -2.18. The lowest BCUT2D eigenvalue weighted by atomic mass is 10.2. The van der Waals surface area contributed by atoms with Gasteiger partial charge in [0, 0.05) is 50.8 Å². The van der Waals surface area contributed by atoms with Crippen molar-refractivity contribution in [2.45, 2.75) is 26.9 Å². The second-order valence-electron chi connectivity index (χ2n) is 5.28. The fourth-order valence-corrected chi connectivity index (χ4v) is 2.30. The lowest BCUT2D eigenvalue weighted by molar-refractivity contribution is 0.206. The molecule has 2 rings (SSSR count). The van der Waals surface area contributed by atoms with Crippen molar-refractivity contribution in [3.8, 4) is 0 Å². The van der Waals surface area contributed by atoms with E-state index in [1.165, 1.54) is 0 Å². The zero-order valence-corrected chi connectivity index (χ0v) is 13.1. The van der Waals surface area contributed by atoms with Crippen molar-refractivity contribution in [3.05, 3.63) is 41.5 Å². The molecule has 2 amide bonds. The standard InChI is InChI=1S/C15H23N5O/c1-12-14(13(2)19(4)17-12)11-18(3)15(21)16-7-10-20-8-5-6-9-20/h5-6,8-9H,7,10-11H2,1-4H3,(H,16,21). The Bertz CT molecular complexity index is 600. The van der Waals surface area contributed by atoms with Gasteiger partial charge in [0.25, 0.3) is 0 Å². The Morgan fingerprint density at radius 3 is 2.57 bits per heavy atom. The van der Waals surface area contributed by atoms with Crippen molar-refractivity contribution in [2.24, 2.45) is 7.05 Å². The van der Waals surface area contributed by atoms with Gasteiger partial charge in [-0.15, -0.1) is 0 Å². The average Bonchev–Trinajstić information content (AvgIpc) is 3.03. The maximum atomic E-state index is 12.1. The van der Waals surface area contributed by atoms with E-state index < -0.39 is 0 Å². The number of amides is 2. The molecule has 0 aromatic carbocycles. The van der Waals surface area contributed by atoms with Crippen molar-refractivity contribution in [1.82, 2.24) is 24.6 Å². The van der Waals surface area contributed by atoms with Crippen LogP contribution in [0.5, 0.6) is 0 Å². The van der Waals surface area contributed by atoms with Crippen LogP contribution in [-0.2, 0) is 20.1 Å². The summed E-state index contributed by atoms with van der Waals surface area (Å²) in [6.07, 6.45) is 3.97. The lowest BCUT2D eigenvalue weighted by Crippen LogP contribution is -2.38. The van der Waals surface area contributed by atoms with Gasteiger partial charge >= 0.3 is 6.03 Å². The van der Waals surface area contributed by atoms with Crippen molar-refractivity contribution in [2.75, 3.05) is 13.6 Å². The van der Waals surface area contributed by atoms with Crippen LogP contribution in [0.25, 0.3) is 0 Å². The summed E-state index contributed by atoms with van der Waals surface area (Å²) in [5.41, 5.74) is 3.18. The first-order chi connectivity index (χ1) is 9.99. The highest BCUT2D eigenvalue weighted by atomic mass is 16.2. The van der Waals surface area contributed by atoms with Crippen molar-refractivity contribution >= 4 is 6.03 Å². The fraction of sp³-hybridized carbons (Fsp3) is 0.467. The summed E-state index contributed by atoms with van der Waals surface area (Å²) in [5, 5.41) is 7.30. The maximum absolute atomic E-state index is 12.1. The molecule has 0 unspecified atom stereocenters. The second-order valence-corrected chi connectivity index (χ2v) is 5.28. The number of carbonyl (C=O) groups is 1. The molecule has 6 heteroatoms. The van der Waals surface area contributed by atoms with E-state index in [1.807, 2.05) is 54.7 Å². The Hall–Kier alpha value is -2.24. The molecule has 0 aliphatic rings. The SMILES string of the molecule is Cc1nn(C)c(C)c1CN(C)C(=O)NCCn1cccc1. The smallest absolute Gasteiger partial charge is 0.317 e. The summed E-state index contributed by atoms with van der Waals surface area (Å²) >= 11 is 0. The van der Waals surface area contributed by atoms with Gasteiger partial charge in [-0.25, -0.2) is 4.79 Å². The molecule has 0 saturated carbocycles. The van der Waals surface area contributed by atoms with Crippen LogP contribution in [0.3, 0.4) is 0 Å². The number of hydrogen-bond donors (Lipinski definition) is 1. The van der Waals surface area contributed by atoms with Crippen LogP contribution in [0.15, 0.2) is 24.5 Å². The van der Waals surface area contributed by atoms with E-state index in [1.54, 1.807) is 11.9 Å². The number of hydrogen-bond acceptors (Lipinski definition) is 2. The zero-order chi connectivity index (χ0) is 15.4. The van der Waals surface area contributed by atoms with E-state index in [9.17, 15) is 4.79 Å². The van der Waals surface area contributed by atoms with Crippen LogP contribution in [0.2, 0.25) is 0 Å². The molecule has 0 bridgehead atoms. The second kappa shape index (κ2) is 6.47. The van der Waals surface area contributed by atoms with Gasteiger partial charge in [0.15, 0.2) is 0 Å². The van der Waals surface area contributed by atoms with E-state index in [-0.39, 0.29) is 6.03 Å². The molecule has 114 valence electrons. The zero-order valence-electron chi connectivity index (χ0n) is 13.1. The Morgan fingerprint density at radius 1 is 1.33 bits per heavy atom. The number of aryl methyl sites for hydroxylation is 2. The highest BCUT2D eigenvalue weighted by Gasteiger charge is 2.14. The Kier molecular flexibility index (Phi) is 4.67. The van der Waals surface area contributed by atoms with Gasteiger partial charge in [-0.1, -0.05) is 0 Å². The molecule has 0 aliphatic carbocycles. The monoisotopic (exact) mass is 289 g/mol. The molecule has 0 atom stereocenters. The Labute approximate surface area is 125 Å². The number of nitrogens with one attached hydrogen (secondary N) is 1. The summed E-state index contributed by atoms with van der Waals surface area (Å²) in [6, 6.07) is 3.88. The van der Waals surface area contributed by atoms with Gasteiger partial charge in [0.2, 0.25) is 0 Å². The molecule has 2 aromatic rings. The number of carbonyl (C=O) groups excluding carboxylic acids is 1. The third-order valence-corrected chi connectivity index (χ3v) is 3.71. The largest absolute Gasteiger partial charge is 0.353 e. The molecular formula is C15H23N5O. The summed E-state index contributed by atoms with van der Waals surface area (Å²) in [5.74, 6) is 0. The van der Waals surface area contributed by atoms with Gasteiger partial charge in [0.05, 0.1) is 12.2 Å². The molecule has 6 nitrogen and oxygen atoms in total. The van der Waals surface area contributed by atoms with Crippen LogP contribution in [-0.4, -0.2) is 38.9 Å². The minimum atomic E-state index is -0.0650. The van der Waals surface area contributed by atoms with Crippen LogP contribution in [0, 0.1) is 13.8 Å². The molecule has 21 heavy (non-hydrogen) atoms. The highest BCUT2D eigenvalue weighted by Crippen LogP contribution is 2.13. The van der Waals surface area contributed by atoms with E-state index in [0.29, 0.717) is 13.1 Å². The van der Waals surface area contributed by atoms with Crippen LogP contribution in [0.1, 0.15) is 17.0 Å². The Balaban J connectivity index is 1.84. The summed E-state index contributed by atoms with van der Waals surface area (Å²) in [4.78, 5) is 13.8. The van der Waals surface area contributed by atoms with Gasteiger partial charge in [-0.3, -0.25) is 4.68 Å². The summed E-state index contributed by atoms with van der Waals surface area (Å²) in [7, 11) is 3.72. The van der Waals surface area contributed by atoms with E-state index in [4.69, 9.17) is 0 Å². The number of urea groups is 1. The van der Waals surface area contributed by atoms with Gasteiger partial charge in [-0.05, 0) is 26.0 Å². The molecule has 0 radical (unpaired) electrons. The number of rotatable bonds is 5. The summed E-state index contributed by atoms with van der Waals surface area (Å²) < 4.78 is 3.89. The fourth-order valence-electron chi connectivity index (χ4n) is 2.30. The van der Waals surface area contributed by atoms with Gasteiger partial charge in [0.1, 0.15) is 0 Å². The molecular weight excluding hydrogens is 266 g/mol. The van der Waals surface area contributed by atoms with E-state index in [2.05, 4.69) is 10.4 Å². The first-order valence-corrected chi connectivity index (χ1v) is 7.08. The van der Waals surface area contributed by atoms with Crippen LogP contribution < -0.4 is 5.32 Å². The van der Waals surface area contributed by atoms with Crippen LogP contribution >= 0.6 is 0 Å². The molecule has 2 heterocycles. The third-order valence-electron chi connectivity index (χ3n) is 3.71. The Morgan fingerprint density at radius 2 is 2.00 bits per heavy atom. The minimum Gasteiger partial charge on any atom is -0.353 e. The predicted molar refractivity (Wildman–Crippen MR) is 82.0 cm³/mol. The first kappa shape index (κ1) is 15.2. The molecule has 0 saturated heterocycles. The highest BCUT2D eigenvalue weighted by molar-refractivity contribution is 5.73. The average molecular weight is 289 g/mol. The third kappa shape index (κ3) is 3.65. The molecule has 2 aromatic heterocycles. The van der Waals surface area contributed by atoms with Crippen molar-refractivity contribution in [1.29, 1.82) is 0 Å². The van der Waals surface area contributed by atoms with Crippen molar-refractivity contribution < 1.29 is 4.79 Å². The molecule has 0 spiro atoms. The number of nitrogens with zero attached hydrogens (tertiary/aromatic N) is 4. The van der Waals surface area contributed by atoms with Gasteiger partial charge < -0.3 is 14.8 Å². The van der Waals surface area contributed by atoms with E-state index in [0.717, 1.165) is 23.5 Å². The summed E-state index contributed by atoms with van der Waals surface area (Å²) in [6.45, 7) is 5.95.